The van der Waals surface area contributed by atoms with Gasteiger partial charge in [-0.15, -0.1) is 0 Å². The summed E-state index contributed by atoms with van der Waals surface area (Å²) in [5.41, 5.74) is 0. The summed E-state index contributed by atoms with van der Waals surface area (Å²) in [5, 5.41) is 0. The van der Waals surface area contributed by atoms with Crippen molar-refractivity contribution in [2.45, 2.75) is 26.2 Å². The summed E-state index contributed by atoms with van der Waals surface area (Å²) < 4.78 is 0. The van der Waals surface area contributed by atoms with Gasteiger partial charge >= 0.3 is 0 Å². The molecule has 0 aliphatic rings. The highest BCUT2D eigenvalue weighted by Gasteiger charge is 1.72. The van der Waals surface area contributed by atoms with Crippen LogP contribution in [0.4, 0.5) is 0 Å². The molecule has 0 spiro atoms. The Bertz CT molecular complexity index is 123. The van der Waals surface area contributed by atoms with E-state index in [1.165, 1.54) is 12.5 Å². The van der Waals surface area contributed by atoms with E-state index in [-0.39, 0.29) is 0 Å². The molecule has 0 N–H and O–H groups in total. The summed E-state index contributed by atoms with van der Waals surface area (Å²) >= 11 is 0. The molecule has 0 fully saturated rings. The first-order valence-electron chi connectivity index (χ1n) is 3.59. The lowest BCUT2D eigenvalue weighted by Gasteiger charge is -1.81. The average molecular weight is 137 g/mol. The van der Waals surface area contributed by atoms with Crippen LogP contribution in [0.25, 0.3) is 0 Å². The van der Waals surface area contributed by atoms with Gasteiger partial charge in [0.05, 0.1) is 0 Å². The van der Waals surface area contributed by atoms with E-state index in [1.807, 2.05) is 0 Å². The molecule has 10 heavy (non-hydrogen) atoms. The molecule has 0 bridgehead atoms. The zero-order chi connectivity index (χ0) is 7.66. The van der Waals surface area contributed by atoms with Crippen molar-refractivity contribution in [3.8, 4) is 0 Å². The Kier molecular flexibility index (Phi) is 7.46. The molecule has 55 valence electrons. The van der Waals surface area contributed by atoms with Gasteiger partial charge in [0, 0.05) is 0 Å². The van der Waals surface area contributed by atoms with Gasteiger partial charge in [-0.05, 0) is 18.9 Å². The van der Waals surface area contributed by atoms with Crippen molar-refractivity contribution in [2.75, 3.05) is 0 Å². The molecule has 1 nitrogen and oxygen atoms in total. The Labute approximate surface area is 62.4 Å². The molecule has 0 rings (SSSR count). The Morgan fingerprint density at radius 2 is 2.10 bits per heavy atom. The molecule has 1 heteroatoms. The summed E-state index contributed by atoms with van der Waals surface area (Å²) in [6.07, 6.45) is 12.2. The lowest BCUT2D eigenvalue weighted by molar-refractivity contribution is 0.564. The first-order valence-corrected chi connectivity index (χ1v) is 3.59. The van der Waals surface area contributed by atoms with Crippen molar-refractivity contribution >= 4 is 6.29 Å². The summed E-state index contributed by atoms with van der Waals surface area (Å²) in [5.74, 6) is 0. The lowest BCUT2D eigenvalue weighted by atomic mass is 10.3. The van der Waals surface area contributed by atoms with Gasteiger partial charge in [-0.2, -0.15) is 0 Å². The molecule has 0 aliphatic heterocycles. The van der Waals surface area contributed by atoms with E-state index in [4.69, 9.17) is 0 Å². The topological polar surface area (TPSA) is 17.1 Å². The van der Waals surface area contributed by atoms with Crippen LogP contribution in [-0.4, -0.2) is 6.29 Å². The highest BCUT2D eigenvalue weighted by atomic mass is 16.1. The average Bonchev–Trinajstić information content (AvgIpc) is 1.97. The molecule has 0 aliphatic carbocycles. The normalized spacial score (nSPS) is 11.3. The molecule has 0 aromatic rings. The zero-order valence-corrected chi connectivity index (χ0v) is 6.34. The van der Waals surface area contributed by atoms with E-state index in [0.29, 0.717) is 0 Å². The molecule has 0 aromatic carbocycles. The second-order valence-corrected chi connectivity index (χ2v) is 2.02. The van der Waals surface area contributed by atoms with Crippen LogP contribution in [0.15, 0.2) is 24.3 Å². The lowest BCUT2D eigenvalue weighted by Crippen LogP contribution is -1.63. The zero-order valence-electron chi connectivity index (χ0n) is 6.34. The minimum Gasteiger partial charge on any atom is -0.286 e. The van der Waals surface area contributed by atoms with Gasteiger partial charge in [-0.3, -0.25) is 4.79 Å². The number of unbranched alkanes of at least 4 members (excludes halogenated alkanes) is 1. The second kappa shape index (κ2) is 8.15. The van der Waals surface area contributed by atoms with Gasteiger partial charge in [-0.25, -0.2) is 0 Å². The molecule has 0 saturated carbocycles. The summed E-state index contributed by atoms with van der Waals surface area (Å²) in [6.45, 7) is 2.14. The minimum atomic E-state index is 0.842. The standard InChI is InChI=1S/C9H13O/c1-2-3-4-5-6-7-8-9-10/h4-5,7-8H,2-3,6H2,1H3. The molecule has 0 amide bonds. The predicted molar refractivity (Wildman–Crippen MR) is 43.5 cm³/mol. The minimum absolute atomic E-state index is 0.842. The maximum Gasteiger partial charge on any atom is 0.225 e. The van der Waals surface area contributed by atoms with Crippen molar-refractivity contribution in [1.82, 2.24) is 0 Å². The first kappa shape index (κ1) is 9.15. The quantitative estimate of drug-likeness (QED) is 0.420. The number of carbonyl (C=O) groups excluding carboxylic acids is 1. The maximum absolute atomic E-state index is 9.66. The van der Waals surface area contributed by atoms with Crippen LogP contribution in [0.3, 0.4) is 0 Å². The Morgan fingerprint density at radius 1 is 1.30 bits per heavy atom. The van der Waals surface area contributed by atoms with Crippen LogP contribution in [-0.2, 0) is 4.79 Å². The smallest absolute Gasteiger partial charge is 0.225 e. The number of allylic oxidation sites excluding steroid dienone is 4. The van der Waals surface area contributed by atoms with Gasteiger partial charge in [0.1, 0.15) is 0 Å². The van der Waals surface area contributed by atoms with Crippen LogP contribution in [0.5, 0.6) is 0 Å². The fourth-order valence-electron chi connectivity index (χ4n) is 0.575. The predicted octanol–water partition coefficient (Wildman–Crippen LogP) is 2.40. The van der Waals surface area contributed by atoms with E-state index in [0.717, 1.165) is 12.8 Å². The largest absolute Gasteiger partial charge is 0.286 e. The number of rotatable bonds is 5. The van der Waals surface area contributed by atoms with Crippen molar-refractivity contribution in [1.29, 1.82) is 0 Å². The third-order valence-electron chi connectivity index (χ3n) is 1.08. The van der Waals surface area contributed by atoms with Gasteiger partial charge in [-0.1, -0.05) is 31.6 Å². The Balaban J connectivity index is 3.17. The maximum atomic E-state index is 9.66. The van der Waals surface area contributed by atoms with E-state index in [9.17, 15) is 4.79 Å². The van der Waals surface area contributed by atoms with E-state index in [2.05, 4.69) is 19.1 Å². The highest BCUT2D eigenvalue weighted by Crippen LogP contribution is 1.91. The summed E-state index contributed by atoms with van der Waals surface area (Å²) in [6, 6.07) is 0. The molecular formula is C9H13O. The highest BCUT2D eigenvalue weighted by molar-refractivity contribution is 5.65. The SMILES string of the molecule is CCCC=CCC=C[C]=O. The van der Waals surface area contributed by atoms with Crippen molar-refractivity contribution in [2.24, 2.45) is 0 Å². The van der Waals surface area contributed by atoms with E-state index in [1.54, 1.807) is 12.4 Å². The van der Waals surface area contributed by atoms with Gasteiger partial charge in [0.15, 0.2) is 0 Å². The summed E-state index contributed by atoms with van der Waals surface area (Å²) in [7, 11) is 0. The fourth-order valence-corrected chi connectivity index (χ4v) is 0.575. The van der Waals surface area contributed by atoms with Crippen LogP contribution in [0.1, 0.15) is 26.2 Å². The van der Waals surface area contributed by atoms with Gasteiger partial charge in [0.25, 0.3) is 0 Å². The first-order chi connectivity index (χ1) is 4.91. The van der Waals surface area contributed by atoms with Crippen LogP contribution >= 0.6 is 0 Å². The van der Waals surface area contributed by atoms with Crippen molar-refractivity contribution < 1.29 is 4.79 Å². The Hall–Kier alpha value is -0.850. The monoisotopic (exact) mass is 137 g/mol. The molecule has 1 radical (unpaired) electrons. The molecule has 0 aromatic heterocycles. The second-order valence-electron chi connectivity index (χ2n) is 2.02. The molecule has 0 heterocycles. The third kappa shape index (κ3) is 7.15. The Morgan fingerprint density at radius 3 is 2.70 bits per heavy atom. The van der Waals surface area contributed by atoms with Crippen molar-refractivity contribution in [3.63, 3.8) is 0 Å². The molecule has 0 atom stereocenters. The molecule has 0 unspecified atom stereocenters. The van der Waals surface area contributed by atoms with Crippen LogP contribution in [0, 0.1) is 0 Å². The van der Waals surface area contributed by atoms with Crippen molar-refractivity contribution in [3.05, 3.63) is 24.3 Å². The molecular weight excluding hydrogens is 124 g/mol. The molecule has 0 saturated heterocycles. The number of hydrogen-bond donors (Lipinski definition) is 0. The van der Waals surface area contributed by atoms with Crippen LogP contribution in [0.2, 0.25) is 0 Å². The van der Waals surface area contributed by atoms with Gasteiger partial charge in [0.2, 0.25) is 6.29 Å². The number of hydrogen-bond acceptors (Lipinski definition) is 1. The van der Waals surface area contributed by atoms with Crippen LogP contribution < -0.4 is 0 Å². The third-order valence-corrected chi connectivity index (χ3v) is 1.08. The van der Waals surface area contributed by atoms with E-state index >= 15 is 0 Å². The van der Waals surface area contributed by atoms with Gasteiger partial charge < -0.3 is 0 Å². The fraction of sp³-hybridized carbons (Fsp3) is 0.444. The van der Waals surface area contributed by atoms with E-state index < -0.39 is 0 Å². The summed E-state index contributed by atoms with van der Waals surface area (Å²) in [4.78, 5) is 9.66.